The molecule has 2 heterocycles. The van der Waals surface area contributed by atoms with Gasteiger partial charge in [-0.2, -0.15) is 5.10 Å². The van der Waals surface area contributed by atoms with Crippen molar-refractivity contribution in [1.82, 2.24) is 9.78 Å². The van der Waals surface area contributed by atoms with Gasteiger partial charge in [-0.1, -0.05) is 12.6 Å². The normalized spacial score (nSPS) is 22.1. The average molecular weight is 412 g/mol. The van der Waals surface area contributed by atoms with Crippen molar-refractivity contribution in [2.45, 2.75) is 38.7 Å². The van der Waals surface area contributed by atoms with Gasteiger partial charge in [0, 0.05) is 49.2 Å². The van der Waals surface area contributed by atoms with Crippen molar-refractivity contribution in [3.63, 3.8) is 0 Å². The van der Waals surface area contributed by atoms with Crippen molar-refractivity contribution >= 4 is 23.2 Å². The molecule has 0 radical (unpaired) electrons. The Bertz CT molecular complexity index is 1070. The number of alkyl halides is 2. The van der Waals surface area contributed by atoms with Gasteiger partial charge in [-0.15, -0.1) is 0 Å². The van der Waals surface area contributed by atoms with Crippen LogP contribution in [0.2, 0.25) is 0 Å². The summed E-state index contributed by atoms with van der Waals surface area (Å²) in [6.45, 7) is 5.91. The van der Waals surface area contributed by atoms with Gasteiger partial charge in [0.15, 0.2) is 0 Å². The molecule has 30 heavy (non-hydrogen) atoms. The molecule has 0 bridgehead atoms. The second-order valence-electron chi connectivity index (χ2n) is 8.44. The Labute approximate surface area is 172 Å². The molecule has 0 spiro atoms. The highest BCUT2D eigenvalue weighted by Gasteiger charge is 2.56. The summed E-state index contributed by atoms with van der Waals surface area (Å²) in [7, 11) is 0. The molecule has 3 aliphatic rings. The summed E-state index contributed by atoms with van der Waals surface area (Å²) in [5.74, 6) is -3.33. The van der Waals surface area contributed by atoms with E-state index in [1.165, 1.54) is 16.5 Å². The number of carbonyl (C=O) groups is 2. The van der Waals surface area contributed by atoms with Gasteiger partial charge < -0.3 is 4.90 Å². The zero-order valence-corrected chi connectivity index (χ0v) is 16.6. The smallest absolute Gasteiger partial charge is 0.253 e. The van der Waals surface area contributed by atoms with E-state index in [0.717, 1.165) is 24.0 Å². The topological polar surface area (TPSA) is 58.4 Å². The Morgan fingerprint density at radius 3 is 2.60 bits per heavy atom. The number of anilines is 2. The predicted octanol–water partition coefficient (Wildman–Crippen LogP) is 3.83. The number of benzene rings is 1. The van der Waals surface area contributed by atoms with E-state index in [-0.39, 0.29) is 37.2 Å². The Morgan fingerprint density at radius 1 is 1.23 bits per heavy atom. The minimum absolute atomic E-state index is 0.0288. The van der Waals surface area contributed by atoms with E-state index < -0.39 is 11.8 Å². The number of aromatic nitrogens is 2. The average Bonchev–Trinajstić information content (AvgIpc) is 3.58. The fraction of sp³-hybridized carbons (Fsp3) is 0.409. The lowest BCUT2D eigenvalue weighted by atomic mass is 10.0. The van der Waals surface area contributed by atoms with Gasteiger partial charge in [0.2, 0.25) is 11.8 Å². The van der Waals surface area contributed by atoms with Crippen molar-refractivity contribution in [3.05, 3.63) is 42.9 Å². The molecule has 1 aliphatic heterocycles. The van der Waals surface area contributed by atoms with E-state index in [1.54, 1.807) is 23.4 Å². The first-order valence-electron chi connectivity index (χ1n) is 10.1. The number of rotatable bonds is 4. The molecule has 1 unspecified atom stereocenters. The summed E-state index contributed by atoms with van der Waals surface area (Å²) in [4.78, 5) is 28.3. The standard InChI is InChI=1S/C22H22F2N4O2/c1-13-10-27(21(30)15-3-4-15)20-7-16(5-6-19(20)28(13)14(2)29)17-9-25-26(11-17)12-18-8-22(18,23)24/h5-7,9,11,15,18H,1,3-4,8,10,12H2,2H3. The Hall–Kier alpha value is -3.03. The molecule has 6 nitrogen and oxygen atoms in total. The minimum Gasteiger partial charge on any atom is -0.304 e. The van der Waals surface area contributed by atoms with Gasteiger partial charge in [-0.05, 0) is 30.5 Å². The zero-order valence-electron chi connectivity index (χ0n) is 16.6. The lowest BCUT2D eigenvalue weighted by Crippen LogP contribution is -2.44. The van der Waals surface area contributed by atoms with E-state index in [9.17, 15) is 18.4 Å². The van der Waals surface area contributed by atoms with Crippen molar-refractivity contribution in [1.29, 1.82) is 0 Å². The van der Waals surface area contributed by atoms with Crippen LogP contribution in [0.4, 0.5) is 20.2 Å². The highest BCUT2D eigenvalue weighted by molar-refractivity contribution is 6.07. The van der Waals surface area contributed by atoms with Crippen LogP contribution in [0.15, 0.2) is 42.9 Å². The second kappa shape index (κ2) is 6.48. The maximum atomic E-state index is 13.2. The molecule has 8 heteroatoms. The Balaban J connectivity index is 1.49. The number of halogens is 2. The molecule has 5 rings (SSSR count). The highest BCUT2D eigenvalue weighted by atomic mass is 19.3. The van der Waals surface area contributed by atoms with E-state index in [2.05, 4.69) is 11.7 Å². The summed E-state index contributed by atoms with van der Waals surface area (Å²) in [6, 6.07) is 5.52. The number of fused-ring (bicyclic) bond motifs is 1. The van der Waals surface area contributed by atoms with E-state index in [0.29, 0.717) is 17.1 Å². The van der Waals surface area contributed by atoms with Crippen molar-refractivity contribution < 1.29 is 18.4 Å². The fourth-order valence-corrected chi connectivity index (χ4v) is 4.06. The van der Waals surface area contributed by atoms with Crippen molar-refractivity contribution in [2.24, 2.45) is 11.8 Å². The molecule has 2 saturated carbocycles. The predicted molar refractivity (Wildman–Crippen MR) is 108 cm³/mol. The number of nitrogens with zero attached hydrogens (tertiary/aromatic N) is 4. The van der Waals surface area contributed by atoms with Gasteiger partial charge in [0.1, 0.15) is 0 Å². The third-order valence-corrected chi connectivity index (χ3v) is 6.00. The Morgan fingerprint density at radius 2 is 1.97 bits per heavy atom. The molecule has 1 aromatic carbocycles. The van der Waals surface area contributed by atoms with Crippen LogP contribution >= 0.6 is 0 Å². The highest BCUT2D eigenvalue weighted by Crippen LogP contribution is 2.49. The third-order valence-electron chi connectivity index (χ3n) is 6.00. The van der Waals surface area contributed by atoms with Crippen LogP contribution in [0.5, 0.6) is 0 Å². The monoisotopic (exact) mass is 412 g/mol. The van der Waals surface area contributed by atoms with E-state index >= 15 is 0 Å². The van der Waals surface area contributed by atoms with Gasteiger partial charge in [0.05, 0.1) is 24.1 Å². The maximum Gasteiger partial charge on any atom is 0.253 e. The molecule has 2 aromatic rings. The number of carbonyl (C=O) groups excluding carboxylic acids is 2. The molecule has 0 saturated heterocycles. The molecule has 2 fully saturated rings. The first-order chi connectivity index (χ1) is 14.2. The van der Waals surface area contributed by atoms with Crippen LogP contribution in [0, 0.1) is 11.8 Å². The Kier molecular flexibility index (Phi) is 4.10. The van der Waals surface area contributed by atoms with Gasteiger partial charge in [0.25, 0.3) is 5.92 Å². The minimum atomic E-state index is -2.58. The van der Waals surface area contributed by atoms with Crippen LogP contribution in [-0.4, -0.2) is 34.1 Å². The quantitative estimate of drug-likeness (QED) is 0.767. The first kappa shape index (κ1) is 19.0. The van der Waals surface area contributed by atoms with Crippen LogP contribution in [0.3, 0.4) is 0 Å². The van der Waals surface area contributed by atoms with E-state index in [4.69, 9.17) is 0 Å². The molecular weight excluding hydrogens is 390 g/mol. The molecule has 1 aromatic heterocycles. The third kappa shape index (κ3) is 3.20. The van der Waals surface area contributed by atoms with Gasteiger partial charge in [-0.25, -0.2) is 8.78 Å². The molecule has 2 aliphatic carbocycles. The lowest BCUT2D eigenvalue weighted by Gasteiger charge is -2.38. The van der Waals surface area contributed by atoms with E-state index in [1.807, 2.05) is 12.1 Å². The molecule has 0 N–H and O–H groups in total. The largest absolute Gasteiger partial charge is 0.304 e. The van der Waals surface area contributed by atoms with Crippen molar-refractivity contribution in [3.8, 4) is 11.1 Å². The molecule has 2 amide bonds. The maximum absolute atomic E-state index is 13.2. The fourth-order valence-electron chi connectivity index (χ4n) is 4.06. The van der Waals surface area contributed by atoms with Crippen LogP contribution in [0.25, 0.3) is 11.1 Å². The van der Waals surface area contributed by atoms with Crippen LogP contribution < -0.4 is 9.80 Å². The number of amides is 2. The first-order valence-corrected chi connectivity index (χ1v) is 10.1. The summed E-state index contributed by atoms with van der Waals surface area (Å²) >= 11 is 0. The second-order valence-corrected chi connectivity index (χ2v) is 8.44. The van der Waals surface area contributed by atoms with Crippen molar-refractivity contribution in [2.75, 3.05) is 16.3 Å². The van der Waals surface area contributed by atoms with Crippen LogP contribution in [0.1, 0.15) is 26.2 Å². The summed E-state index contributed by atoms with van der Waals surface area (Å²) in [5, 5.41) is 4.22. The SMILES string of the molecule is C=C1CN(C(=O)C2CC2)c2cc(-c3cnn(CC4CC4(F)F)c3)ccc2N1C(C)=O. The number of hydrogen-bond acceptors (Lipinski definition) is 3. The summed E-state index contributed by atoms with van der Waals surface area (Å²) < 4.78 is 27.9. The van der Waals surface area contributed by atoms with Crippen LogP contribution in [-0.2, 0) is 16.1 Å². The molecular formula is C22H22F2N4O2. The lowest BCUT2D eigenvalue weighted by molar-refractivity contribution is -0.120. The number of hydrogen-bond donors (Lipinski definition) is 0. The molecule has 156 valence electrons. The zero-order chi connectivity index (χ0) is 21.2. The summed E-state index contributed by atoms with van der Waals surface area (Å²) in [6.07, 6.45) is 5.05. The van der Waals surface area contributed by atoms with Gasteiger partial charge >= 0.3 is 0 Å². The molecule has 1 atom stereocenters. The summed E-state index contributed by atoms with van der Waals surface area (Å²) in [5.41, 5.74) is 3.44. The van der Waals surface area contributed by atoms with Gasteiger partial charge in [-0.3, -0.25) is 19.2 Å².